The first-order chi connectivity index (χ1) is 22.1. The van der Waals surface area contributed by atoms with E-state index < -0.39 is 11.9 Å². The number of esters is 1. The largest absolute Gasteiger partial charge is 0.507 e. The molecule has 1 heterocycles. The van der Waals surface area contributed by atoms with Gasteiger partial charge in [-0.3, -0.25) is 9.59 Å². The highest BCUT2D eigenvalue weighted by atomic mass is 16.5. The maximum absolute atomic E-state index is 14.3. The molecule has 1 unspecified atom stereocenters. The smallest absolute Gasteiger partial charge is 0.315 e. The second-order valence-corrected chi connectivity index (χ2v) is 11.5. The minimum Gasteiger partial charge on any atom is -0.507 e. The average molecular weight is 596 g/mol. The van der Waals surface area contributed by atoms with Crippen molar-refractivity contribution in [2.75, 3.05) is 26.3 Å². The Bertz CT molecular complexity index is 2040. The molecule has 6 aromatic carbocycles. The topological polar surface area (TPSA) is 76.1 Å². The third-order valence-electron chi connectivity index (χ3n) is 8.72. The Kier molecular flexibility index (Phi) is 7.89. The van der Waals surface area contributed by atoms with Crippen molar-refractivity contribution in [2.45, 2.75) is 12.8 Å². The average Bonchev–Trinajstić information content (AvgIpc) is 3.08. The second kappa shape index (κ2) is 12.4. The van der Waals surface area contributed by atoms with Crippen LogP contribution in [-0.4, -0.2) is 48.2 Å². The van der Waals surface area contributed by atoms with E-state index >= 15 is 0 Å². The number of aromatic hydroxyl groups is 1. The van der Waals surface area contributed by atoms with Crippen molar-refractivity contribution >= 4 is 44.2 Å². The molecular formula is C39H33NO5. The Morgan fingerprint density at radius 2 is 1.27 bits per heavy atom. The number of benzene rings is 6. The summed E-state index contributed by atoms with van der Waals surface area (Å²) in [5, 5.41) is 17.0. The van der Waals surface area contributed by atoms with Gasteiger partial charge in [0.05, 0.1) is 19.1 Å². The van der Waals surface area contributed by atoms with Gasteiger partial charge in [0.2, 0.25) is 5.91 Å². The summed E-state index contributed by atoms with van der Waals surface area (Å²) in [4.78, 5) is 29.5. The molecule has 7 rings (SSSR count). The Hall–Kier alpha value is -5.20. The van der Waals surface area contributed by atoms with Crippen LogP contribution in [0.2, 0.25) is 0 Å². The van der Waals surface area contributed by atoms with Crippen LogP contribution < -0.4 is 4.74 Å². The van der Waals surface area contributed by atoms with E-state index in [1.54, 1.807) is 17.0 Å². The lowest BCUT2D eigenvalue weighted by atomic mass is 9.91. The lowest BCUT2D eigenvalue weighted by molar-refractivity contribution is -0.145. The van der Waals surface area contributed by atoms with Gasteiger partial charge in [-0.05, 0) is 56.4 Å². The third-order valence-corrected chi connectivity index (χ3v) is 8.72. The molecule has 0 saturated carbocycles. The van der Waals surface area contributed by atoms with Crippen LogP contribution in [0.5, 0.6) is 11.5 Å². The van der Waals surface area contributed by atoms with Crippen molar-refractivity contribution in [3.05, 3.63) is 121 Å². The van der Waals surface area contributed by atoms with Crippen molar-refractivity contribution in [3.8, 4) is 22.6 Å². The van der Waals surface area contributed by atoms with Crippen LogP contribution in [0.3, 0.4) is 0 Å². The Balaban J connectivity index is 1.31. The Morgan fingerprint density at radius 1 is 0.689 bits per heavy atom. The summed E-state index contributed by atoms with van der Waals surface area (Å²) in [6.07, 6.45) is 0.364. The highest BCUT2D eigenvalue weighted by Crippen LogP contribution is 2.45. The van der Waals surface area contributed by atoms with Crippen LogP contribution in [0.25, 0.3) is 43.4 Å². The van der Waals surface area contributed by atoms with Crippen molar-refractivity contribution in [3.63, 3.8) is 0 Å². The van der Waals surface area contributed by atoms with Gasteiger partial charge in [-0.2, -0.15) is 0 Å². The van der Waals surface area contributed by atoms with Gasteiger partial charge in [0.25, 0.3) is 0 Å². The van der Waals surface area contributed by atoms with Gasteiger partial charge in [-0.1, -0.05) is 103 Å². The number of phenolic OH excluding ortho intramolecular Hbond substituents is 1. The molecule has 224 valence electrons. The van der Waals surface area contributed by atoms with E-state index in [1.165, 1.54) is 0 Å². The molecule has 1 aliphatic heterocycles. The quantitative estimate of drug-likeness (QED) is 0.153. The fourth-order valence-corrected chi connectivity index (χ4v) is 6.44. The zero-order chi connectivity index (χ0) is 30.8. The molecule has 6 aromatic rings. The highest BCUT2D eigenvalue weighted by molar-refractivity contribution is 6.10. The Labute approximate surface area is 261 Å². The number of carbonyl (C=O) groups excluding carboxylic acids is 2. The van der Waals surface area contributed by atoms with Crippen LogP contribution in [-0.2, 0) is 20.7 Å². The van der Waals surface area contributed by atoms with Gasteiger partial charge in [0.1, 0.15) is 11.5 Å². The highest BCUT2D eigenvalue weighted by Gasteiger charge is 2.30. The van der Waals surface area contributed by atoms with Gasteiger partial charge < -0.3 is 19.5 Å². The molecule has 1 aliphatic rings. The number of fused-ring (bicyclic) bond motifs is 3. The number of hydrogen-bond acceptors (Lipinski definition) is 5. The predicted octanol–water partition coefficient (Wildman–Crippen LogP) is 7.53. The van der Waals surface area contributed by atoms with Crippen molar-refractivity contribution in [1.29, 1.82) is 0 Å². The van der Waals surface area contributed by atoms with Crippen LogP contribution >= 0.6 is 0 Å². The summed E-state index contributed by atoms with van der Waals surface area (Å²) in [7, 11) is 0. The zero-order valence-corrected chi connectivity index (χ0v) is 24.8. The molecular weight excluding hydrogens is 562 g/mol. The summed E-state index contributed by atoms with van der Waals surface area (Å²) in [6, 6.07) is 37.1. The van der Waals surface area contributed by atoms with Crippen LogP contribution in [0.15, 0.2) is 115 Å². The molecule has 1 saturated heterocycles. The number of nitrogens with zero attached hydrogens (tertiary/aromatic N) is 1. The summed E-state index contributed by atoms with van der Waals surface area (Å²) < 4.78 is 11.8. The lowest BCUT2D eigenvalue weighted by Crippen LogP contribution is -2.42. The number of ether oxygens (including phenoxy) is 2. The third kappa shape index (κ3) is 5.73. The molecule has 1 amide bonds. The summed E-state index contributed by atoms with van der Waals surface area (Å²) >= 11 is 0. The van der Waals surface area contributed by atoms with Crippen LogP contribution in [0, 0.1) is 5.92 Å². The number of amides is 1. The van der Waals surface area contributed by atoms with E-state index in [-0.39, 0.29) is 18.1 Å². The summed E-state index contributed by atoms with van der Waals surface area (Å²) in [5.41, 5.74) is 2.22. The number of morpholine rings is 1. The molecule has 6 heteroatoms. The standard InChI is InChI=1S/C39H33NO5/c41-34-18-16-27-9-2-5-14-32(27)37(34)38-33-15-6-3-10-28(33)17-19-35(38)45-39(43)30(25-36(42)40-20-22-44-23-21-40)24-29-12-7-11-26-8-1-4-13-31(26)29/h1-19,30,41H,20-25H2. The fraction of sp³-hybridized carbons (Fsp3) is 0.179. The van der Waals surface area contributed by atoms with Crippen molar-refractivity contribution in [2.24, 2.45) is 5.92 Å². The van der Waals surface area contributed by atoms with E-state index in [1.807, 2.05) is 103 Å². The second-order valence-electron chi connectivity index (χ2n) is 11.5. The minimum absolute atomic E-state index is 0.0183. The summed E-state index contributed by atoms with van der Waals surface area (Å²) in [6.45, 7) is 1.98. The summed E-state index contributed by atoms with van der Waals surface area (Å²) in [5.74, 6) is -0.873. The lowest BCUT2D eigenvalue weighted by Gasteiger charge is -2.28. The van der Waals surface area contributed by atoms with Gasteiger partial charge in [-0.15, -0.1) is 0 Å². The monoisotopic (exact) mass is 595 g/mol. The Morgan fingerprint density at radius 3 is 1.98 bits per heavy atom. The molecule has 6 nitrogen and oxygen atoms in total. The normalized spacial score (nSPS) is 14.1. The van der Waals surface area contributed by atoms with Crippen LogP contribution in [0.4, 0.5) is 0 Å². The molecule has 0 bridgehead atoms. The van der Waals surface area contributed by atoms with E-state index in [0.29, 0.717) is 49.6 Å². The molecule has 1 fully saturated rings. The molecule has 1 N–H and O–H groups in total. The maximum Gasteiger partial charge on any atom is 0.315 e. The van der Waals surface area contributed by atoms with Gasteiger partial charge in [0, 0.05) is 30.6 Å². The van der Waals surface area contributed by atoms with Gasteiger partial charge >= 0.3 is 5.97 Å². The van der Waals surface area contributed by atoms with Gasteiger partial charge in [0.15, 0.2) is 0 Å². The number of carbonyl (C=O) groups is 2. The maximum atomic E-state index is 14.3. The molecule has 45 heavy (non-hydrogen) atoms. The van der Waals surface area contributed by atoms with Crippen molar-refractivity contribution < 1.29 is 24.2 Å². The van der Waals surface area contributed by atoms with E-state index in [0.717, 1.165) is 37.9 Å². The first-order valence-corrected chi connectivity index (χ1v) is 15.3. The van der Waals surface area contributed by atoms with Gasteiger partial charge in [-0.25, -0.2) is 0 Å². The van der Waals surface area contributed by atoms with E-state index in [4.69, 9.17) is 9.47 Å². The predicted molar refractivity (Wildman–Crippen MR) is 177 cm³/mol. The van der Waals surface area contributed by atoms with E-state index in [2.05, 4.69) is 0 Å². The van der Waals surface area contributed by atoms with Crippen LogP contribution in [0.1, 0.15) is 12.0 Å². The molecule has 1 atom stereocenters. The number of rotatable bonds is 7. The van der Waals surface area contributed by atoms with E-state index in [9.17, 15) is 14.7 Å². The number of phenols is 1. The molecule has 0 spiro atoms. The van der Waals surface area contributed by atoms with Crippen molar-refractivity contribution in [1.82, 2.24) is 4.90 Å². The molecule has 0 aliphatic carbocycles. The first-order valence-electron chi connectivity index (χ1n) is 15.3. The fourth-order valence-electron chi connectivity index (χ4n) is 6.44. The molecule has 0 radical (unpaired) electrons. The molecule has 0 aromatic heterocycles. The minimum atomic E-state index is -0.730. The zero-order valence-electron chi connectivity index (χ0n) is 24.8. The number of hydrogen-bond donors (Lipinski definition) is 1. The SMILES string of the molecule is O=C(Oc1ccc2ccccc2c1-c1c(O)ccc2ccccc12)C(CC(=O)N1CCOCC1)Cc1cccc2ccccc12. The first kappa shape index (κ1) is 28.6.